The normalized spacial score (nSPS) is 15.3. The molecule has 0 fully saturated rings. The van der Waals surface area contributed by atoms with Gasteiger partial charge < -0.3 is 15.8 Å². The fourth-order valence-electron chi connectivity index (χ4n) is 1.27. The van der Waals surface area contributed by atoms with Crippen LogP contribution in [0.15, 0.2) is 12.7 Å². The maximum Gasteiger partial charge on any atom is 0.0503 e. The summed E-state index contributed by atoms with van der Waals surface area (Å²) in [6, 6.07) is 0.347. The molecule has 78 valence electrons. The highest BCUT2D eigenvalue weighted by Crippen LogP contribution is 2.01. The molecule has 0 aliphatic rings. The van der Waals surface area contributed by atoms with Gasteiger partial charge in [0.1, 0.15) is 0 Å². The molecule has 13 heavy (non-hydrogen) atoms. The van der Waals surface area contributed by atoms with Crippen molar-refractivity contribution >= 4 is 0 Å². The Morgan fingerprint density at radius 3 is 2.77 bits per heavy atom. The summed E-state index contributed by atoms with van der Waals surface area (Å²) in [4.78, 5) is 0. The van der Waals surface area contributed by atoms with E-state index in [1.54, 1.807) is 7.11 Å². The molecule has 0 rings (SSSR count). The minimum atomic E-state index is 0.347. The zero-order valence-corrected chi connectivity index (χ0v) is 8.75. The molecule has 0 saturated carbocycles. The molecule has 0 aliphatic heterocycles. The summed E-state index contributed by atoms with van der Waals surface area (Å²) in [5.74, 6) is 0.458. The highest BCUT2D eigenvalue weighted by Gasteiger charge is 2.13. The second kappa shape index (κ2) is 8.23. The monoisotopic (exact) mass is 186 g/mol. The number of nitrogens with two attached hydrogens (primary N) is 1. The van der Waals surface area contributed by atoms with Crippen molar-refractivity contribution in [2.75, 3.05) is 26.8 Å². The molecule has 0 radical (unpaired) electrons. The molecule has 2 atom stereocenters. The second-order valence-corrected chi connectivity index (χ2v) is 3.31. The van der Waals surface area contributed by atoms with Crippen LogP contribution in [0, 0.1) is 5.92 Å². The Kier molecular flexibility index (Phi) is 7.99. The fourth-order valence-corrected chi connectivity index (χ4v) is 1.27. The van der Waals surface area contributed by atoms with Crippen LogP contribution in [0.2, 0.25) is 0 Å². The summed E-state index contributed by atoms with van der Waals surface area (Å²) >= 11 is 0. The number of hydrogen-bond acceptors (Lipinski definition) is 3. The van der Waals surface area contributed by atoms with Crippen molar-refractivity contribution < 1.29 is 4.74 Å². The SMILES string of the molecule is C=CCCNC(CN)C(C)COC. The van der Waals surface area contributed by atoms with E-state index in [0.29, 0.717) is 18.5 Å². The van der Waals surface area contributed by atoms with E-state index in [4.69, 9.17) is 10.5 Å². The van der Waals surface area contributed by atoms with Crippen molar-refractivity contribution in [3.8, 4) is 0 Å². The molecular weight excluding hydrogens is 164 g/mol. The Bertz CT molecular complexity index is 128. The molecule has 0 aliphatic carbocycles. The molecule has 3 heteroatoms. The molecule has 0 aromatic heterocycles. The molecule has 0 heterocycles. The van der Waals surface area contributed by atoms with Gasteiger partial charge in [-0.15, -0.1) is 6.58 Å². The maximum absolute atomic E-state index is 5.64. The number of hydrogen-bond donors (Lipinski definition) is 2. The molecule has 0 amide bonds. The average Bonchev–Trinajstić information content (AvgIpc) is 2.13. The quantitative estimate of drug-likeness (QED) is 0.434. The lowest BCUT2D eigenvalue weighted by Gasteiger charge is -2.22. The Hall–Kier alpha value is -0.380. The number of nitrogens with one attached hydrogen (secondary N) is 1. The van der Waals surface area contributed by atoms with Gasteiger partial charge in [0.2, 0.25) is 0 Å². The molecule has 0 saturated heterocycles. The van der Waals surface area contributed by atoms with Crippen molar-refractivity contribution in [1.82, 2.24) is 5.32 Å². The maximum atomic E-state index is 5.64. The second-order valence-electron chi connectivity index (χ2n) is 3.31. The standard InChI is InChI=1S/C10H22N2O/c1-4-5-6-12-10(7-11)9(2)8-13-3/h4,9-10,12H,1,5-8,11H2,2-3H3. The zero-order chi connectivity index (χ0) is 10.1. The summed E-state index contributed by atoms with van der Waals surface area (Å²) in [7, 11) is 1.72. The molecule has 0 spiro atoms. The minimum absolute atomic E-state index is 0.347. The topological polar surface area (TPSA) is 47.3 Å². The zero-order valence-electron chi connectivity index (χ0n) is 8.75. The molecule has 0 aromatic rings. The van der Waals surface area contributed by atoms with E-state index in [0.717, 1.165) is 19.6 Å². The van der Waals surface area contributed by atoms with E-state index in [9.17, 15) is 0 Å². The van der Waals surface area contributed by atoms with Crippen LogP contribution in [0.1, 0.15) is 13.3 Å². The van der Waals surface area contributed by atoms with Crippen LogP contribution < -0.4 is 11.1 Å². The van der Waals surface area contributed by atoms with Gasteiger partial charge in [0, 0.05) is 19.7 Å². The minimum Gasteiger partial charge on any atom is -0.384 e. The van der Waals surface area contributed by atoms with E-state index < -0.39 is 0 Å². The predicted molar refractivity (Wildman–Crippen MR) is 56.7 cm³/mol. The van der Waals surface area contributed by atoms with Crippen LogP contribution in [0.3, 0.4) is 0 Å². The number of rotatable bonds is 8. The van der Waals surface area contributed by atoms with Crippen LogP contribution in [0.4, 0.5) is 0 Å². The lowest BCUT2D eigenvalue weighted by Crippen LogP contribution is -2.43. The van der Waals surface area contributed by atoms with E-state index in [1.807, 2.05) is 6.08 Å². The van der Waals surface area contributed by atoms with E-state index in [-0.39, 0.29) is 0 Å². The van der Waals surface area contributed by atoms with Crippen LogP contribution in [-0.4, -0.2) is 32.8 Å². The Balaban J connectivity index is 3.65. The van der Waals surface area contributed by atoms with Crippen molar-refractivity contribution in [3.05, 3.63) is 12.7 Å². The first kappa shape index (κ1) is 12.6. The first-order valence-electron chi connectivity index (χ1n) is 4.79. The summed E-state index contributed by atoms with van der Waals surface area (Å²) < 4.78 is 5.08. The fraction of sp³-hybridized carbons (Fsp3) is 0.800. The van der Waals surface area contributed by atoms with Gasteiger partial charge in [-0.25, -0.2) is 0 Å². The van der Waals surface area contributed by atoms with Gasteiger partial charge in [0.25, 0.3) is 0 Å². The molecule has 3 N–H and O–H groups in total. The lowest BCUT2D eigenvalue weighted by molar-refractivity contribution is 0.140. The number of ether oxygens (including phenoxy) is 1. The number of methoxy groups -OCH3 is 1. The van der Waals surface area contributed by atoms with Crippen LogP contribution >= 0.6 is 0 Å². The molecule has 0 aromatic carbocycles. The van der Waals surface area contributed by atoms with Crippen LogP contribution in [0.25, 0.3) is 0 Å². The summed E-state index contributed by atoms with van der Waals surface area (Å²) in [6.45, 7) is 8.16. The smallest absolute Gasteiger partial charge is 0.0503 e. The van der Waals surface area contributed by atoms with Crippen LogP contribution in [0.5, 0.6) is 0 Å². The largest absolute Gasteiger partial charge is 0.384 e. The molecule has 0 bridgehead atoms. The summed E-state index contributed by atoms with van der Waals surface area (Å²) in [6.07, 6.45) is 2.89. The average molecular weight is 186 g/mol. The van der Waals surface area contributed by atoms with Gasteiger partial charge in [0.05, 0.1) is 6.61 Å². The Morgan fingerprint density at radius 1 is 1.62 bits per heavy atom. The van der Waals surface area contributed by atoms with E-state index in [1.165, 1.54) is 0 Å². The van der Waals surface area contributed by atoms with E-state index in [2.05, 4.69) is 18.8 Å². The molecule has 3 nitrogen and oxygen atoms in total. The highest BCUT2D eigenvalue weighted by molar-refractivity contribution is 4.76. The van der Waals surface area contributed by atoms with Gasteiger partial charge >= 0.3 is 0 Å². The first-order valence-corrected chi connectivity index (χ1v) is 4.79. The predicted octanol–water partition coefficient (Wildman–Crippen LogP) is 0.762. The van der Waals surface area contributed by atoms with Gasteiger partial charge in [-0.3, -0.25) is 0 Å². The third-order valence-electron chi connectivity index (χ3n) is 2.13. The Labute approximate surface area is 81.3 Å². The summed E-state index contributed by atoms with van der Waals surface area (Å²) in [5, 5.41) is 3.38. The van der Waals surface area contributed by atoms with Crippen LogP contribution in [-0.2, 0) is 4.74 Å². The Morgan fingerprint density at radius 2 is 2.31 bits per heavy atom. The summed E-state index contributed by atoms with van der Waals surface area (Å²) in [5.41, 5.74) is 5.64. The molecular formula is C10H22N2O. The van der Waals surface area contributed by atoms with Crippen molar-refractivity contribution in [2.24, 2.45) is 11.7 Å². The van der Waals surface area contributed by atoms with Crippen molar-refractivity contribution in [1.29, 1.82) is 0 Å². The van der Waals surface area contributed by atoms with Crippen molar-refractivity contribution in [2.45, 2.75) is 19.4 Å². The highest BCUT2D eigenvalue weighted by atomic mass is 16.5. The lowest BCUT2D eigenvalue weighted by atomic mass is 10.0. The van der Waals surface area contributed by atoms with Gasteiger partial charge in [-0.1, -0.05) is 13.0 Å². The third kappa shape index (κ3) is 5.80. The molecule has 2 unspecified atom stereocenters. The van der Waals surface area contributed by atoms with Gasteiger partial charge in [-0.2, -0.15) is 0 Å². The van der Waals surface area contributed by atoms with Gasteiger partial charge in [-0.05, 0) is 18.9 Å². The third-order valence-corrected chi connectivity index (χ3v) is 2.13. The van der Waals surface area contributed by atoms with Gasteiger partial charge in [0.15, 0.2) is 0 Å². The first-order chi connectivity index (χ1) is 6.26. The van der Waals surface area contributed by atoms with E-state index >= 15 is 0 Å². The van der Waals surface area contributed by atoms with Crippen molar-refractivity contribution in [3.63, 3.8) is 0 Å².